The number of amides is 1. The Labute approximate surface area is 113 Å². The molecule has 2 heterocycles. The highest BCUT2D eigenvalue weighted by Crippen LogP contribution is 2.40. The van der Waals surface area contributed by atoms with Crippen LogP contribution in [0.4, 0.5) is 0 Å². The zero-order valence-corrected chi connectivity index (χ0v) is 11.4. The van der Waals surface area contributed by atoms with Crippen molar-refractivity contribution in [3.63, 3.8) is 0 Å². The minimum atomic E-state index is -0.0310. The Balaban J connectivity index is 1.82. The summed E-state index contributed by atoms with van der Waals surface area (Å²) in [5.41, 5.74) is 1.37. The molecular weight excluding hydrogens is 266 g/mol. The molecule has 0 saturated heterocycles. The van der Waals surface area contributed by atoms with Crippen LogP contribution in [0.2, 0.25) is 0 Å². The minimum Gasteiger partial charge on any atom is -0.396 e. The van der Waals surface area contributed by atoms with Gasteiger partial charge in [0.25, 0.3) is 5.91 Å². The van der Waals surface area contributed by atoms with Gasteiger partial charge in [-0.15, -0.1) is 22.7 Å². The molecule has 0 radical (unpaired) electrons. The Morgan fingerprint density at radius 1 is 1.44 bits per heavy atom. The number of allylic oxidation sites excluding steroid dienone is 1. The summed E-state index contributed by atoms with van der Waals surface area (Å²) in [6.07, 6.45) is 5.92. The molecule has 0 atom stereocenters. The van der Waals surface area contributed by atoms with Crippen LogP contribution < -0.4 is 5.32 Å². The van der Waals surface area contributed by atoms with Crippen LogP contribution in [-0.2, 0) is 6.42 Å². The molecule has 2 N–H and O–H groups in total. The molecule has 2 aromatic rings. The number of carbonyl (C=O) groups excluding carboxylic acids is 1. The fourth-order valence-corrected chi connectivity index (χ4v) is 4.57. The van der Waals surface area contributed by atoms with Gasteiger partial charge in [-0.3, -0.25) is 4.79 Å². The molecule has 0 aromatic carbocycles. The first-order valence-electron chi connectivity index (χ1n) is 5.90. The Kier molecular flexibility index (Phi) is 3.20. The van der Waals surface area contributed by atoms with Gasteiger partial charge in [0.05, 0.1) is 9.58 Å². The molecule has 0 saturated carbocycles. The van der Waals surface area contributed by atoms with Gasteiger partial charge < -0.3 is 10.4 Å². The maximum atomic E-state index is 11.9. The second-order valence-corrected chi connectivity index (χ2v) is 6.32. The molecule has 1 aliphatic rings. The number of hydrogen-bond acceptors (Lipinski definition) is 4. The summed E-state index contributed by atoms with van der Waals surface area (Å²) in [5.74, 6) is -0.0310. The smallest absolute Gasteiger partial charge is 0.261 e. The van der Waals surface area contributed by atoms with Crippen molar-refractivity contribution in [1.82, 2.24) is 5.32 Å². The van der Waals surface area contributed by atoms with E-state index in [9.17, 15) is 4.79 Å². The molecule has 0 aliphatic heterocycles. The van der Waals surface area contributed by atoms with Crippen LogP contribution in [0.3, 0.4) is 0 Å². The summed E-state index contributed by atoms with van der Waals surface area (Å²) < 4.78 is 2.47. The summed E-state index contributed by atoms with van der Waals surface area (Å²) in [5, 5.41) is 11.5. The third-order valence-corrected chi connectivity index (χ3v) is 5.39. The van der Waals surface area contributed by atoms with Crippen molar-refractivity contribution in [2.24, 2.45) is 0 Å². The van der Waals surface area contributed by atoms with Crippen molar-refractivity contribution in [1.29, 1.82) is 0 Å². The van der Waals surface area contributed by atoms with Crippen molar-refractivity contribution in [2.45, 2.75) is 12.8 Å². The van der Waals surface area contributed by atoms with E-state index in [0.29, 0.717) is 13.0 Å². The molecule has 3 nitrogen and oxygen atoms in total. The quantitative estimate of drug-likeness (QED) is 0.845. The predicted molar refractivity (Wildman–Crippen MR) is 76.5 cm³/mol. The normalized spacial score (nSPS) is 13.2. The van der Waals surface area contributed by atoms with Gasteiger partial charge in [0.2, 0.25) is 0 Å². The molecule has 0 unspecified atom stereocenters. The van der Waals surface area contributed by atoms with Gasteiger partial charge in [-0.25, -0.2) is 0 Å². The van der Waals surface area contributed by atoms with Gasteiger partial charge in [-0.2, -0.15) is 0 Å². The van der Waals surface area contributed by atoms with Gasteiger partial charge in [-0.05, 0) is 30.5 Å². The first-order chi connectivity index (χ1) is 8.79. The van der Waals surface area contributed by atoms with E-state index in [0.717, 1.165) is 11.3 Å². The Morgan fingerprint density at radius 2 is 2.33 bits per heavy atom. The third-order valence-electron chi connectivity index (χ3n) is 2.92. The summed E-state index contributed by atoms with van der Waals surface area (Å²) >= 11 is 3.33. The lowest BCUT2D eigenvalue weighted by Crippen LogP contribution is -2.24. The first-order valence-corrected chi connectivity index (χ1v) is 7.53. The highest BCUT2D eigenvalue weighted by Gasteiger charge is 2.18. The molecule has 18 heavy (non-hydrogen) atoms. The molecule has 5 heteroatoms. The standard InChI is InChI=1S/C13H13NO2S2/c15-6-2-5-14-13(16)11-7-10-12(18-11)8-3-1-4-9(8)17-10/h1,4,7,15H,2-3,5-6H2,(H,14,16). The predicted octanol–water partition coefficient (Wildman–Crippen LogP) is 2.64. The van der Waals surface area contributed by atoms with E-state index < -0.39 is 0 Å². The zero-order valence-electron chi connectivity index (χ0n) is 9.73. The number of hydrogen-bond donors (Lipinski definition) is 2. The highest BCUT2D eigenvalue weighted by molar-refractivity contribution is 7.29. The minimum absolute atomic E-state index is 0.0310. The molecule has 0 bridgehead atoms. The average molecular weight is 279 g/mol. The zero-order chi connectivity index (χ0) is 12.5. The highest BCUT2D eigenvalue weighted by atomic mass is 32.1. The van der Waals surface area contributed by atoms with E-state index in [2.05, 4.69) is 17.5 Å². The maximum Gasteiger partial charge on any atom is 0.261 e. The second kappa shape index (κ2) is 4.84. The fourth-order valence-electron chi connectivity index (χ4n) is 2.04. The van der Waals surface area contributed by atoms with Crippen molar-refractivity contribution in [3.8, 4) is 0 Å². The SMILES string of the molecule is O=C(NCCCO)c1cc2sc3c(c2s1)CC=C3. The van der Waals surface area contributed by atoms with E-state index in [1.807, 2.05) is 6.07 Å². The van der Waals surface area contributed by atoms with E-state index in [1.54, 1.807) is 22.7 Å². The molecule has 3 rings (SSSR count). The summed E-state index contributed by atoms with van der Waals surface area (Å²) in [6.45, 7) is 0.638. The van der Waals surface area contributed by atoms with Crippen molar-refractivity contribution >= 4 is 44.1 Å². The second-order valence-electron chi connectivity index (χ2n) is 4.19. The Morgan fingerprint density at radius 3 is 3.17 bits per heavy atom. The molecule has 0 spiro atoms. The van der Waals surface area contributed by atoms with Crippen LogP contribution in [0.1, 0.15) is 26.5 Å². The molecule has 0 fully saturated rings. The van der Waals surface area contributed by atoms with Gasteiger partial charge in [0, 0.05) is 22.7 Å². The molecular formula is C13H13NO2S2. The van der Waals surface area contributed by atoms with E-state index >= 15 is 0 Å². The van der Waals surface area contributed by atoms with Crippen LogP contribution in [0, 0.1) is 0 Å². The van der Waals surface area contributed by atoms with E-state index in [-0.39, 0.29) is 12.5 Å². The lowest BCUT2D eigenvalue weighted by Gasteiger charge is -2.00. The Bertz CT molecular complexity index is 624. The van der Waals surface area contributed by atoms with Crippen molar-refractivity contribution in [3.05, 3.63) is 27.5 Å². The summed E-state index contributed by atoms with van der Waals surface area (Å²) in [6, 6.07) is 1.98. The number of nitrogens with one attached hydrogen (secondary N) is 1. The number of thiophene rings is 2. The number of fused-ring (bicyclic) bond motifs is 3. The number of rotatable bonds is 4. The van der Waals surface area contributed by atoms with Gasteiger partial charge in [0.15, 0.2) is 0 Å². The summed E-state index contributed by atoms with van der Waals surface area (Å²) in [7, 11) is 0. The molecule has 1 amide bonds. The maximum absolute atomic E-state index is 11.9. The van der Waals surface area contributed by atoms with Crippen LogP contribution in [0.25, 0.3) is 15.5 Å². The lowest BCUT2D eigenvalue weighted by atomic mass is 10.2. The van der Waals surface area contributed by atoms with E-state index in [4.69, 9.17) is 5.11 Å². The summed E-state index contributed by atoms with van der Waals surface area (Å²) in [4.78, 5) is 14.0. The first kappa shape index (κ1) is 11.9. The van der Waals surface area contributed by atoms with Crippen LogP contribution in [0.5, 0.6) is 0 Å². The number of aliphatic hydroxyl groups excluding tert-OH is 1. The van der Waals surface area contributed by atoms with Gasteiger partial charge in [-0.1, -0.05) is 6.08 Å². The monoisotopic (exact) mass is 279 g/mol. The van der Waals surface area contributed by atoms with Crippen LogP contribution >= 0.6 is 22.7 Å². The number of carbonyl (C=O) groups is 1. The average Bonchev–Trinajstić information content (AvgIpc) is 2.99. The van der Waals surface area contributed by atoms with Crippen molar-refractivity contribution in [2.75, 3.05) is 13.2 Å². The largest absolute Gasteiger partial charge is 0.396 e. The van der Waals surface area contributed by atoms with Crippen LogP contribution in [0.15, 0.2) is 12.1 Å². The van der Waals surface area contributed by atoms with Gasteiger partial charge >= 0.3 is 0 Å². The van der Waals surface area contributed by atoms with Crippen molar-refractivity contribution < 1.29 is 9.90 Å². The Hall–Kier alpha value is -1.17. The fraction of sp³-hybridized carbons (Fsp3) is 0.308. The lowest BCUT2D eigenvalue weighted by molar-refractivity contribution is 0.0955. The van der Waals surface area contributed by atoms with Crippen LogP contribution in [-0.4, -0.2) is 24.2 Å². The van der Waals surface area contributed by atoms with Gasteiger partial charge in [0.1, 0.15) is 0 Å². The van der Waals surface area contributed by atoms with E-state index in [1.165, 1.54) is 19.8 Å². The molecule has 1 aliphatic carbocycles. The molecule has 2 aromatic heterocycles. The number of aliphatic hydroxyl groups is 1. The third kappa shape index (κ3) is 1.98. The molecule has 94 valence electrons. The topological polar surface area (TPSA) is 49.3 Å².